The highest BCUT2D eigenvalue weighted by Crippen LogP contribution is 2.42. The number of piperidine rings is 1. The van der Waals surface area contributed by atoms with Gasteiger partial charge in [0.2, 0.25) is 23.5 Å². The first kappa shape index (κ1) is 45.1. The molecule has 0 spiro atoms. The summed E-state index contributed by atoms with van der Waals surface area (Å²) < 4.78 is 71.0. The zero-order chi connectivity index (χ0) is 42.5. The maximum Gasteiger partial charge on any atom is 0.411 e. The van der Waals surface area contributed by atoms with Crippen LogP contribution in [0, 0.1) is 17.7 Å². The Morgan fingerprint density at radius 3 is 2.17 bits per heavy atom. The lowest BCUT2D eigenvalue weighted by atomic mass is 9.81. The Hall–Kier alpha value is -5.95. The van der Waals surface area contributed by atoms with Crippen molar-refractivity contribution in [1.82, 2.24) is 31.1 Å². The van der Waals surface area contributed by atoms with Gasteiger partial charge in [-0.2, -0.15) is 22.7 Å². The van der Waals surface area contributed by atoms with E-state index < -0.39 is 59.2 Å². The second kappa shape index (κ2) is 19.0. The van der Waals surface area contributed by atoms with E-state index in [-0.39, 0.29) is 53.4 Å². The standard InChI is InChI=1S/C40H41F5N8O6.ClH/c41-29-19-26(13-16-28(29)34(55)49-30-2-1-17-47-35(30)56)23-7-3-21(4-8-23)18-31(50-33(54)25-9-5-22(20-46)6-10-25)36(57)48-27-14-11-24(12-15-27)32-51-37(53-52-32)39(42,43)40(44,45)38(58)59;/h3-4,7-8,11-16,19,22,25,30-31H,1-2,5-6,9-10,17-18,20,46H2,(H,47,56)(H,48,57)(H,49,55)(H,50,54)(H,58,59)(H,51,52,53);1H/t22?,25?,30-,31+;/m1./s1. The van der Waals surface area contributed by atoms with Crippen molar-refractivity contribution >= 4 is 47.7 Å². The van der Waals surface area contributed by atoms with Crippen LogP contribution >= 0.6 is 12.4 Å². The van der Waals surface area contributed by atoms with Crippen LogP contribution in [-0.4, -0.2) is 81.0 Å². The number of carbonyl (C=O) groups excluding carboxylic acids is 4. The zero-order valence-electron chi connectivity index (χ0n) is 31.8. The Bertz CT molecular complexity index is 2200. The number of aromatic amines is 1. The summed E-state index contributed by atoms with van der Waals surface area (Å²) in [7, 11) is 0. The number of carboxylic acid groups (broad SMARTS) is 1. The van der Waals surface area contributed by atoms with E-state index in [9.17, 15) is 41.5 Å². The molecule has 1 aromatic heterocycles. The Morgan fingerprint density at radius 1 is 0.900 bits per heavy atom. The van der Waals surface area contributed by atoms with Crippen molar-refractivity contribution in [3.63, 3.8) is 0 Å². The highest BCUT2D eigenvalue weighted by Gasteiger charge is 2.65. The highest BCUT2D eigenvalue weighted by molar-refractivity contribution is 5.99. The second-order valence-corrected chi connectivity index (χ2v) is 14.6. The van der Waals surface area contributed by atoms with E-state index in [4.69, 9.17) is 10.8 Å². The zero-order valence-corrected chi connectivity index (χ0v) is 32.6. The van der Waals surface area contributed by atoms with Crippen LogP contribution in [0.25, 0.3) is 22.5 Å². The van der Waals surface area contributed by atoms with Crippen LogP contribution in [0.3, 0.4) is 0 Å². The molecule has 3 aromatic carbocycles. The van der Waals surface area contributed by atoms with Crippen molar-refractivity contribution in [2.24, 2.45) is 17.6 Å². The number of carboxylic acids is 1. The maximum absolute atomic E-state index is 15.2. The number of anilines is 1. The Morgan fingerprint density at radius 2 is 1.55 bits per heavy atom. The molecule has 1 aliphatic carbocycles. The number of hydrogen-bond donors (Lipinski definition) is 7. The molecule has 1 saturated heterocycles. The summed E-state index contributed by atoms with van der Waals surface area (Å²) in [4.78, 5) is 66.1. The van der Waals surface area contributed by atoms with Crippen LogP contribution in [-0.2, 0) is 31.5 Å². The quantitative estimate of drug-likeness (QED) is 0.0852. The van der Waals surface area contributed by atoms with Gasteiger partial charge >= 0.3 is 17.8 Å². The summed E-state index contributed by atoms with van der Waals surface area (Å²) >= 11 is 0. The topological polar surface area (TPSA) is 221 Å². The summed E-state index contributed by atoms with van der Waals surface area (Å²) in [6.45, 7) is 1.04. The Kier molecular flexibility index (Phi) is 14.3. The predicted molar refractivity (Wildman–Crippen MR) is 210 cm³/mol. The van der Waals surface area contributed by atoms with Gasteiger partial charge in [0.15, 0.2) is 5.82 Å². The molecule has 0 radical (unpaired) electrons. The summed E-state index contributed by atoms with van der Waals surface area (Å²) in [5.74, 6) is -18.5. The van der Waals surface area contributed by atoms with E-state index in [0.717, 1.165) is 12.8 Å². The minimum absolute atomic E-state index is 0. The molecule has 0 bridgehead atoms. The number of halogens is 6. The molecule has 4 aromatic rings. The number of hydrogen-bond acceptors (Lipinski definition) is 8. The predicted octanol–water partition coefficient (Wildman–Crippen LogP) is 4.95. The average Bonchev–Trinajstić information content (AvgIpc) is 3.73. The minimum atomic E-state index is -5.46. The van der Waals surface area contributed by atoms with E-state index >= 15 is 4.39 Å². The second-order valence-electron chi connectivity index (χ2n) is 14.6. The van der Waals surface area contributed by atoms with Gasteiger partial charge in [-0.1, -0.05) is 30.3 Å². The van der Waals surface area contributed by atoms with Gasteiger partial charge in [-0.15, -0.1) is 12.4 Å². The van der Waals surface area contributed by atoms with Crippen molar-refractivity contribution in [2.45, 2.75) is 68.9 Å². The number of nitrogens with zero attached hydrogens (tertiary/aromatic N) is 2. The van der Waals surface area contributed by atoms with Crippen molar-refractivity contribution in [3.05, 3.63) is 89.5 Å². The van der Waals surface area contributed by atoms with Crippen molar-refractivity contribution in [1.29, 1.82) is 0 Å². The number of aromatic nitrogens is 3. The summed E-state index contributed by atoms with van der Waals surface area (Å²) in [5, 5.41) is 24.6. The van der Waals surface area contributed by atoms with E-state index in [1.165, 1.54) is 36.4 Å². The van der Waals surface area contributed by atoms with Crippen LogP contribution in [0.1, 0.15) is 60.3 Å². The summed E-state index contributed by atoms with van der Waals surface area (Å²) in [6, 6.07) is 14.5. The minimum Gasteiger partial charge on any atom is -0.477 e. The number of benzene rings is 3. The summed E-state index contributed by atoms with van der Waals surface area (Å²) in [5.41, 5.74) is 7.61. The number of amides is 4. The molecule has 4 amide bonds. The number of rotatable bonds is 14. The average molecular weight is 861 g/mol. The van der Waals surface area contributed by atoms with E-state index in [0.29, 0.717) is 61.4 Å². The van der Waals surface area contributed by atoms with Crippen LogP contribution in [0.15, 0.2) is 66.7 Å². The third-order valence-electron chi connectivity index (χ3n) is 10.6. The number of nitrogens with two attached hydrogens (primary N) is 1. The van der Waals surface area contributed by atoms with Crippen LogP contribution in [0.4, 0.5) is 27.6 Å². The lowest BCUT2D eigenvalue weighted by Gasteiger charge is -2.28. The van der Waals surface area contributed by atoms with Gasteiger partial charge in [0, 0.05) is 30.1 Å². The Labute approximate surface area is 346 Å². The molecule has 320 valence electrons. The summed E-state index contributed by atoms with van der Waals surface area (Å²) in [6.07, 6.45) is 3.94. The van der Waals surface area contributed by atoms with Crippen molar-refractivity contribution in [2.75, 3.05) is 18.4 Å². The largest absolute Gasteiger partial charge is 0.477 e. The molecule has 20 heteroatoms. The molecule has 0 unspecified atom stereocenters. The van der Waals surface area contributed by atoms with Crippen molar-refractivity contribution in [3.8, 4) is 22.5 Å². The maximum atomic E-state index is 15.2. The smallest absolute Gasteiger partial charge is 0.411 e. The van der Waals surface area contributed by atoms with Crippen LogP contribution in [0.2, 0.25) is 0 Å². The van der Waals surface area contributed by atoms with E-state index in [1.54, 1.807) is 35.4 Å². The Balaban J connectivity index is 0.00000683. The fourth-order valence-electron chi connectivity index (χ4n) is 7.00. The molecule has 60 heavy (non-hydrogen) atoms. The molecular formula is C40H42ClF5N8O6. The third-order valence-corrected chi connectivity index (χ3v) is 10.6. The van der Waals surface area contributed by atoms with Gasteiger partial charge in [0.05, 0.1) is 5.56 Å². The fraction of sp³-hybridized carbons (Fsp3) is 0.375. The van der Waals surface area contributed by atoms with Gasteiger partial charge in [-0.3, -0.25) is 24.3 Å². The van der Waals surface area contributed by atoms with Crippen LogP contribution in [0.5, 0.6) is 0 Å². The molecule has 14 nitrogen and oxygen atoms in total. The van der Waals surface area contributed by atoms with Crippen molar-refractivity contribution < 1.29 is 51.0 Å². The van der Waals surface area contributed by atoms with Gasteiger partial charge < -0.3 is 32.1 Å². The molecule has 2 fully saturated rings. The molecule has 1 saturated carbocycles. The molecule has 8 N–H and O–H groups in total. The number of aliphatic carboxylic acids is 1. The van der Waals surface area contributed by atoms with Gasteiger partial charge in [-0.25, -0.2) is 14.2 Å². The first-order valence-corrected chi connectivity index (χ1v) is 18.9. The number of H-pyrrole nitrogens is 1. The molecule has 2 heterocycles. The fourth-order valence-corrected chi connectivity index (χ4v) is 7.00. The number of carbonyl (C=O) groups is 5. The number of nitrogens with one attached hydrogen (secondary N) is 5. The molecule has 1 aliphatic heterocycles. The first-order valence-electron chi connectivity index (χ1n) is 18.9. The molecule has 6 rings (SSSR count). The SMILES string of the molecule is Cl.NCC1CCC(C(=O)N[C@@H](Cc2ccc(-c3ccc(C(=O)N[C@@H]4CCCNC4=O)c(F)c3)cc2)C(=O)Nc2ccc(-c3n[nH]c(C(F)(F)C(F)(F)C(=O)O)n3)cc2)CC1. The first-order chi connectivity index (χ1) is 28.1. The normalized spacial score (nSPS) is 18.6. The number of alkyl halides is 4. The van der Waals surface area contributed by atoms with E-state index in [1.807, 2.05) is 0 Å². The molecular weight excluding hydrogens is 819 g/mol. The van der Waals surface area contributed by atoms with Gasteiger partial charge in [0.1, 0.15) is 17.9 Å². The third kappa shape index (κ3) is 10.1. The van der Waals surface area contributed by atoms with Gasteiger partial charge in [-0.05, 0) is 104 Å². The highest BCUT2D eigenvalue weighted by atomic mass is 35.5. The lowest BCUT2D eigenvalue weighted by molar-refractivity contribution is -0.231. The lowest BCUT2D eigenvalue weighted by Crippen LogP contribution is -2.50. The molecule has 2 atom stereocenters. The van der Waals surface area contributed by atoms with Crippen LogP contribution < -0.4 is 27.0 Å². The monoisotopic (exact) mass is 860 g/mol. The van der Waals surface area contributed by atoms with E-state index in [2.05, 4.69) is 31.3 Å². The molecule has 2 aliphatic rings. The van der Waals surface area contributed by atoms with Gasteiger partial charge in [0.25, 0.3) is 5.91 Å².